The van der Waals surface area contributed by atoms with Gasteiger partial charge in [-0.3, -0.25) is 4.79 Å². The summed E-state index contributed by atoms with van der Waals surface area (Å²) in [6.07, 6.45) is 1.54. The van der Waals surface area contributed by atoms with E-state index in [1.807, 2.05) is 26.8 Å². The molecule has 0 spiro atoms. The number of rotatable bonds is 5. The first-order valence-corrected chi connectivity index (χ1v) is 9.73. The van der Waals surface area contributed by atoms with Crippen molar-refractivity contribution >= 4 is 21.4 Å². The number of nitrogens with zero attached hydrogens (tertiary/aromatic N) is 2. The van der Waals surface area contributed by atoms with E-state index in [-0.39, 0.29) is 11.3 Å². The molecule has 136 valence electrons. The van der Waals surface area contributed by atoms with Crippen LogP contribution in [0.5, 0.6) is 0 Å². The Balaban J connectivity index is 2.15. The van der Waals surface area contributed by atoms with Crippen LogP contribution in [0.1, 0.15) is 39.3 Å². The van der Waals surface area contributed by atoms with Crippen molar-refractivity contribution in [1.82, 2.24) is 4.98 Å². The second kappa shape index (κ2) is 7.00. The summed E-state index contributed by atoms with van der Waals surface area (Å²) < 4.78 is 30.7. The van der Waals surface area contributed by atoms with E-state index in [1.54, 1.807) is 31.3 Å². The van der Waals surface area contributed by atoms with Crippen LogP contribution in [-0.2, 0) is 25.8 Å². The molecule has 0 radical (unpaired) electrons. The van der Waals surface area contributed by atoms with Crippen LogP contribution in [-0.4, -0.2) is 31.6 Å². The van der Waals surface area contributed by atoms with Gasteiger partial charge in [-0.2, -0.15) is 0 Å². The third-order valence-corrected chi connectivity index (χ3v) is 5.91. The van der Waals surface area contributed by atoms with Crippen LogP contribution in [0.4, 0.5) is 5.69 Å². The second-order valence-corrected chi connectivity index (χ2v) is 9.37. The average Bonchev–Trinajstić information content (AvgIpc) is 3.01. The number of carbonyl (C=O) groups excluding carboxylic acids is 1. The Morgan fingerprint density at radius 1 is 1.24 bits per heavy atom. The molecule has 0 N–H and O–H groups in total. The summed E-state index contributed by atoms with van der Waals surface area (Å²) >= 11 is 0. The Labute approximate surface area is 148 Å². The van der Waals surface area contributed by atoms with Crippen LogP contribution >= 0.6 is 0 Å². The maximum absolute atomic E-state index is 12.6. The van der Waals surface area contributed by atoms with Crippen LogP contribution < -0.4 is 4.90 Å². The molecule has 7 heteroatoms. The van der Waals surface area contributed by atoms with Gasteiger partial charge in [0.25, 0.3) is 0 Å². The van der Waals surface area contributed by atoms with Crippen molar-refractivity contribution in [2.24, 2.45) is 0 Å². The van der Waals surface area contributed by atoms with Crippen molar-refractivity contribution in [3.8, 4) is 0 Å². The van der Waals surface area contributed by atoms with Gasteiger partial charge in [0.1, 0.15) is 16.8 Å². The number of sulfone groups is 1. The van der Waals surface area contributed by atoms with Crippen molar-refractivity contribution in [1.29, 1.82) is 0 Å². The topological polar surface area (TPSA) is 80.5 Å². The van der Waals surface area contributed by atoms with E-state index >= 15 is 0 Å². The number of carbonyl (C=O) groups is 1. The Kier molecular flexibility index (Phi) is 5.37. The van der Waals surface area contributed by atoms with Crippen molar-refractivity contribution < 1.29 is 17.6 Å². The summed E-state index contributed by atoms with van der Waals surface area (Å²) in [5.74, 6) is -0.183. The Morgan fingerprint density at radius 3 is 2.36 bits per heavy atom. The summed E-state index contributed by atoms with van der Waals surface area (Å²) in [6.45, 7) is 7.25. The fraction of sp³-hybridized carbons (Fsp3) is 0.444. The molecule has 0 saturated carbocycles. The smallest absolute Gasteiger partial charge is 0.244 e. The van der Waals surface area contributed by atoms with E-state index < -0.39 is 26.7 Å². The van der Waals surface area contributed by atoms with Gasteiger partial charge in [-0.1, -0.05) is 39.0 Å². The first kappa shape index (κ1) is 19.2. The van der Waals surface area contributed by atoms with Gasteiger partial charge in [-0.25, -0.2) is 13.4 Å². The highest BCUT2D eigenvalue weighted by Crippen LogP contribution is 2.24. The molecule has 0 saturated heterocycles. The van der Waals surface area contributed by atoms with Crippen LogP contribution in [0, 0.1) is 0 Å². The maximum atomic E-state index is 12.6. The number of hydrogen-bond donors (Lipinski definition) is 0. The first-order chi connectivity index (χ1) is 11.5. The molecule has 1 atom stereocenters. The number of hydrogen-bond acceptors (Lipinski definition) is 5. The van der Waals surface area contributed by atoms with E-state index in [2.05, 4.69) is 4.98 Å². The minimum absolute atomic E-state index is 0.104. The number of oxazole rings is 1. The number of aromatic nitrogens is 1. The SMILES string of the molecule is C[C@H](C(=O)N(C)c1ccccc1)S(=O)(=O)Cc1ncc(C(C)(C)C)o1. The molecule has 2 rings (SSSR count). The monoisotopic (exact) mass is 364 g/mol. The van der Waals surface area contributed by atoms with Gasteiger partial charge in [-0.15, -0.1) is 0 Å². The molecule has 0 aliphatic carbocycles. The molecule has 1 aromatic carbocycles. The molecule has 2 aromatic rings. The van der Waals surface area contributed by atoms with Gasteiger partial charge in [0, 0.05) is 18.2 Å². The number of amides is 1. The Hall–Kier alpha value is -2.15. The van der Waals surface area contributed by atoms with Crippen LogP contribution in [0.2, 0.25) is 0 Å². The highest BCUT2D eigenvalue weighted by Gasteiger charge is 2.32. The zero-order valence-corrected chi connectivity index (χ0v) is 16.0. The lowest BCUT2D eigenvalue weighted by Crippen LogP contribution is -2.39. The van der Waals surface area contributed by atoms with Crippen molar-refractivity contribution in [3.63, 3.8) is 0 Å². The Morgan fingerprint density at radius 2 is 1.84 bits per heavy atom. The Bertz CT molecular complexity index is 835. The molecule has 6 nitrogen and oxygen atoms in total. The molecular formula is C18H24N2O4S. The van der Waals surface area contributed by atoms with Crippen molar-refractivity contribution in [2.75, 3.05) is 11.9 Å². The van der Waals surface area contributed by atoms with Crippen LogP contribution in [0.15, 0.2) is 40.9 Å². The lowest BCUT2D eigenvalue weighted by Gasteiger charge is -2.21. The highest BCUT2D eigenvalue weighted by atomic mass is 32.2. The lowest BCUT2D eigenvalue weighted by atomic mass is 9.94. The quantitative estimate of drug-likeness (QED) is 0.815. The third-order valence-electron chi connectivity index (χ3n) is 3.98. The minimum atomic E-state index is -3.75. The van der Waals surface area contributed by atoms with Gasteiger partial charge in [0.2, 0.25) is 11.8 Å². The zero-order chi connectivity index (χ0) is 18.8. The minimum Gasteiger partial charge on any atom is -0.444 e. The summed E-state index contributed by atoms with van der Waals surface area (Å²) in [6, 6.07) is 8.91. The zero-order valence-electron chi connectivity index (χ0n) is 15.2. The fourth-order valence-electron chi connectivity index (χ4n) is 2.23. The highest BCUT2D eigenvalue weighted by molar-refractivity contribution is 7.92. The molecule has 1 heterocycles. The largest absolute Gasteiger partial charge is 0.444 e. The first-order valence-electron chi connectivity index (χ1n) is 8.02. The number of benzene rings is 1. The summed E-state index contributed by atoms with van der Waals surface area (Å²) in [5, 5.41) is -1.19. The lowest BCUT2D eigenvalue weighted by molar-refractivity contribution is -0.117. The summed E-state index contributed by atoms with van der Waals surface area (Å²) in [5.41, 5.74) is 0.380. The van der Waals surface area contributed by atoms with Gasteiger partial charge >= 0.3 is 0 Å². The van der Waals surface area contributed by atoms with Crippen molar-refractivity contribution in [3.05, 3.63) is 48.2 Å². The molecule has 0 unspecified atom stereocenters. The molecule has 0 fully saturated rings. The molecule has 1 amide bonds. The summed E-state index contributed by atoms with van der Waals surface area (Å²) in [4.78, 5) is 17.9. The predicted octanol–water partition coefficient (Wildman–Crippen LogP) is 2.94. The maximum Gasteiger partial charge on any atom is 0.244 e. The fourth-order valence-corrected chi connectivity index (χ4v) is 3.42. The van der Waals surface area contributed by atoms with Gasteiger partial charge < -0.3 is 9.32 Å². The number of anilines is 1. The van der Waals surface area contributed by atoms with E-state index in [9.17, 15) is 13.2 Å². The molecule has 0 aliphatic heterocycles. The van der Waals surface area contributed by atoms with E-state index in [1.165, 1.54) is 18.0 Å². The number of para-hydroxylation sites is 1. The van der Waals surface area contributed by atoms with Crippen LogP contribution in [0.3, 0.4) is 0 Å². The molecular weight excluding hydrogens is 340 g/mol. The molecule has 0 aliphatic rings. The average molecular weight is 364 g/mol. The molecule has 1 aromatic heterocycles. The normalized spacial score (nSPS) is 13.5. The molecule has 25 heavy (non-hydrogen) atoms. The van der Waals surface area contributed by atoms with Gasteiger partial charge in [0.15, 0.2) is 9.84 Å². The van der Waals surface area contributed by atoms with Crippen LogP contribution in [0.25, 0.3) is 0 Å². The summed E-state index contributed by atoms with van der Waals surface area (Å²) in [7, 11) is -2.18. The van der Waals surface area contributed by atoms with E-state index in [0.29, 0.717) is 11.4 Å². The predicted molar refractivity (Wildman–Crippen MR) is 97.1 cm³/mol. The van der Waals surface area contributed by atoms with Gasteiger partial charge in [0.05, 0.1) is 6.20 Å². The van der Waals surface area contributed by atoms with Gasteiger partial charge in [-0.05, 0) is 19.1 Å². The van der Waals surface area contributed by atoms with E-state index in [4.69, 9.17) is 4.42 Å². The second-order valence-electron chi connectivity index (χ2n) is 7.05. The standard InChI is InChI=1S/C18H24N2O4S/c1-13(17(21)20(5)14-9-7-6-8-10-14)25(22,23)12-16-19-11-15(24-16)18(2,3)4/h6-11,13H,12H2,1-5H3/t13-/m1/s1. The van der Waals surface area contributed by atoms with E-state index in [0.717, 1.165) is 0 Å². The third kappa shape index (κ3) is 4.48. The molecule has 0 bridgehead atoms. The van der Waals surface area contributed by atoms with Crippen molar-refractivity contribution in [2.45, 2.75) is 44.1 Å².